The monoisotopic (exact) mass is 343 g/mol. The van der Waals surface area contributed by atoms with Crippen LogP contribution < -0.4 is 9.64 Å². The van der Waals surface area contributed by atoms with Gasteiger partial charge in [0.1, 0.15) is 5.75 Å². The van der Waals surface area contributed by atoms with Crippen LogP contribution in [0.3, 0.4) is 0 Å². The Morgan fingerprint density at radius 1 is 0.846 bits per heavy atom. The maximum atomic E-state index is 13.2. The van der Waals surface area contributed by atoms with Crippen LogP contribution in [0.25, 0.3) is 11.1 Å². The minimum absolute atomic E-state index is 0.0444. The van der Waals surface area contributed by atoms with E-state index in [0.717, 1.165) is 22.4 Å². The number of nitrogens with zero attached hydrogens (tertiary/aromatic N) is 1. The smallest absolute Gasteiger partial charge is 0.308 e. The Balaban J connectivity index is 1.79. The van der Waals surface area contributed by atoms with Gasteiger partial charge in [0.25, 0.3) is 5.91 Å². The molecule has 1 aliphatic heterocycles. The lowest BCUT2D eigenvalue weighted by atomic mass is 9.97. The lowest BCUT2D eigenvalue weighted by molar-refractivity contribution is -0.131. The minimum Gasteiger partial charge on any atom is -0.427 e. The standard InChI is InChI=1S/C22H17NO3/c1-15(24)26-18-12-10-17(11-13-18)23-14-16-6-2-3-7-19(16)20-8-4-5-9-21(20)22(23)25/h2-13H,14H2,1H3. The Bertz CT molecular complexity index is 992. The second-order valence-electron chi connectivity index (χ2n) is 6.18. The van der Waals surface area contributed by atoms with Crippen LogP contribution >= 0.6 is 0 Å². The summed E-state index contributed by atoms with van der Waals surface area (Å²) in [6, 6.07) is 22.7. The van der Waals surface area contributed by atoms with Crippen molar-refractivity contribution in [1.29, 1.82) is 0 Å². The average Bonchev–Trinajstić information content (AvgIpc) is 2.78. The van der Waals surface area contributed by atoms with Crippen LogP contribution in [0.1, 0.15) is 22.8 Å². The molecule has 0 radical (unpaired) electrons. The summed E-state index contributed by atoms with van der Waals surface area (Å²) in [5, 5.41) is 0. The van der Waals surface area contributed by atoms with Crippen molar-refractivity contribution in [3.63, 3.8) is 0 Å². The predicted octanol–water partition coefficient (Wildman–Crippen LogP) is 4.44. The third kappa shape index (κ3) is 2.86. The van der Waals surface area contributed by atoms with Crippen molar-refractivity contribution in [1.82, 2.24) is 0 Å². The Kier molecular flexibility index (Phi) is 4.01. The molecule has 0 aliphatic carbocycles. The molecule has 4 rings (SSSR count). The first-order valence-corrected chi connectivity index (χ1v) is 8.41. The number of carbonyl (C=O) groups excluding carboxylic acids is 2. The van der Waals surface area contributed by atoms with Crippen LogP contribution in [-0.2, 0) is 11.3 Å². The zero-order chi connectivity index (χ0) is 18.1. The van der Waals surface area contributed by atoms with E-state index in [2.05, 4.69) is 6.07 Å². The van der Waals surface area contributed by atoms with Gasteiger partial charge in [-0.3, -0.25) is 9.59 Å². The van der Waals surface area contributed by atoms with Crippen molar-refractivity contribution >= 4 is 17.6 Å². The number of amides is 1. The fourth-order valence-corrected chi connectivity index (χ4v) is 3.28. The fraction of sp³-hybridized carbons (Fsp3) is 0.0909. The normalized spacial score (nSPS) is 12.8. The number of esters is 1. The highest BCUT2D eigenvalue weighted by Gasteiger charge is 2.26. The first-order valence-electron chi connectivity index (χ1n) is 8.41. The van der Waals surface area contributed by atoms with Gasteiger partial charge in [0.15, 0.2) is 0 Å². The predicted molar refractivity (Wildman–Crippen MR) is 100 cm³/mol. The number of hydrogen-bond acceptors (Lipinski definition) is 3. The number of ether oxygens (including phenoxy) is 1. The van der Waals surface area contributed by atoms with Gasteiger partial charge in [0, 0.05) is 18.2 Å². The third-order valence-electron chi connectivity index (χ3n) is 4.45. The first-order chi connectivity index (χ1) is 12.6. The SMILES string of the molecule is CC(=O)Oc1ccc(N2Cc3ccccc3-c3ccccc3C2=O)cc1. The maximum Gasteiger partial charge on any atom is 0.308 e. The summed E-state index contributed by atoms with van der Waals surface area (Å²) < 4.78 is 5.08. The molecular formula is C22H17NO3. The van der Waals surface area contributed by atoms with Crippen LogP contribution in [-0.4, -0.2) is 11.9 Å². The van der Waals surface area contributed by atoms with E-state index in [1.165, 1.54) is 6.92 Å². The minimum atomic E-state index is -0.369. The van der Waals surface area contributed by atoms with Gasteiger partial charge in [0.05, 0.1) is 6.54 Å². The van der Waals surface area contributed by atoms with Gasteiger partial charge < -0.3 is 9.64 Å². The molecule has 1 heterocycles. The molecule has 1 amide bonds. The van der Waals surface area contributed by atoms with Crippen LogP contribution in [0.4, 0.5) is 5.69 Å². The molecule has 4 heteroatoms. The van der Waals surface area contributed by atoms with E-state index in [1.807, 2.05) is 42.5 Å². The van der Waals surface area contributed by atoms with Crippen LogP contribution in [0, 0.1) is 0 Å². The zero-order valence-electron chi connectivity index (χ0n) is 14.3. The van der Waals surface area contributed by atoms with Crippen molar-refractivity contribution in [3.8, 4) is 16.9 Å². The molecule has 0 aromatic heterocycles. The molecule has 0 N–H and O–H groups in total. The van der Waals surface area contributed by atoms with E-state index in [1.54, 1.807) is 29.2 Å². The van der Waals surface area contributed by atoms with Gasteiger partial charge in [-0.25, -0.2) is 0 Å². The molecule has 0 bridgehead atoms. The van der Waals surface area contributed by atoms with Gasteiger partial charge in [0.2, 0.25) is 0 Å². The Morgan fingerprint density at radius 3 is 2.15 bits per heavy atom. The molecule has 3 aromatic carbocycles. The Morgan fingerprint density at radius 2 is 1.46 bits per heavy atom. The lowest BCUT2D eigenvalue weighted by Gasteiger charge is -2.22. The van der Waals surface area contributed by atoms with E-state index >= 15 is 0 Å². The number of rotatable bonds is 2. The molecule has 1 aliphatic rings. The highest BCUT2D eigenvalue weighted by molar-refractivity contribution is 6.11. The van der Waals surface area contributed by atoms with Crippen molar-refractivity contribution in [2.24, 2.45) is 0 Å². The Hall–Kier alpha value is -3.40. The number of hydrogen-bond donors (Lipinski definition) is 0. The van der Waals surface area contributed by atoms with E-state index < -0.39 is 0 Å². The van der Waals surface area contributed by atoms with Crippen molar-refractivity contribution in [3.05, 3.63) is 83.9 Å². The van der Waals surface area contributed by atoms with Gasteiger partial charge in [-0.2, -0.15) is 0 Å². The van der Waals surface area contributed by atoms with Crippen molar-refractivity contribution in [2.45, 2.75) is 13.5 Å². The second kappa shape index (κ2) is 6.48. The van der Waals surface area contributed by atoms with E-state index in [4.69, 9.17) is 4.74 Å². The first kappa shape index (κ1) is 16.1. The number of carbonyl (C=O) groups is 2. The van der Waals surface area contributed by atoms with Crippen LogP contribution in [0.5, 0.6) is 5.75 Å². The fourth-order valence-electron chi connectivity index (χ4n) is 3.28. The average molecular weight is 343 g/mol. The molecular weight excluding hydrogens is 326 g/mol. The van der Waals surface area contributed by atoms with Gasteiger partial charge in [-0.05, 0) is 47.0 Å². The summed E-state index contributed by atoms with van der Waals surface area (Å²) in [5.74, 6) is 0.0489. The Labute approximate surface area is 151 Å². The van der Waals surface area contributed by atoms with Gasteiger partial charge >= 0.3 is 5.97 Å². The molecule has 0 unspecified atom stereocenters. The largest absolute Gasteiger partial charge is 0.427 e. The van der Waals surface area contributed by atoms with Crippen molar-refractivity contribution < 1.29 is 14.3 Å². The molecule has 4 nitrogen and oxygen atoms in total. The summed E-state index contributed by atoms with van der Waals surface area (Å²) >= 11 is 0. The molecule has 3 aromatic rings. The molecule has 0 spiro atoms. The maximum absolute atomic E-state index is 13.2. The summed E-state index contributed by atoms with van der Waals surface area (Å²) in [6.07, 6.45) is 0. The molecule has 0 atom stereocenters. The lowest BCUT2D eigenvalue weighted by Crippen LogP contribution is -2.29. The number of benzene rings is 3. The third-order valence-corrected chi connectivity index (χ3v) is 4.45. The van der Waals surface area contributed by atoms with Crippen LogP contribution in [0.15, 0.2) is 72.8 Å². The summed E-state index contributed by atoms with van der Waals surface area (Å²) in [4.78, 5) is 26.0. The van der Waals surface area contributed by atoms with Gasteiger partial charge in [-0.1, -0.05) is 42.5 Å². The highest BCUT2D eigenvalue weighted by Crippen LogP contribution is 2.34. The van der Waals surface area contributed by atoms with E-state index in [9.17, 15) is 9.59 Å². The molecule has 26 heavy (non-hydrogen) atoms. The second-order valence-corrected chi connectivity index (χ2v) is 6.18. The topological polar surface area (TPSA) is 46.6 Å². The van der Waals surface area contributed by atoms with E-state index in [-0.39, 0.29) is 11.9 Å². The molecule has 0 fully saturated rings. The summed E-state index contributed by atoms with van der Waals surface area (Å²) in [5.41, 5.74) is 4.57. The number of fused-ring (bicyclic) bond motifs is 3. The molecule has 128 valence electrons. The molecule has 0 saturated carbocycles. The van der Waals surface area contributed by atoms with E-state index in [0.29, 0.717) is 17.9 Å². The molecule has 0 saturated heterocycles. The van der Waals surface area contributed by atoms with Crippen LogP contribution in [0.2, 0.25) is 0 Å². The summed E-state index contributed by atoms with van der Waals surface area (Å²) in [7, 11) is 0. The summed E-state index contributed by atoms with van der Waals surface area (Å²) in [6.45, 7) is 1.84. The highest BCUT2D eigenvalue weighted by atomic mass is 16.5. The zero-order valence-corrected chi connectivity index (χ0v) is 14.3. The van der Waals surface area contributed by atoms with Gasteiger partial charge in [-0.15, -0.1) is 0 Å². The quantitative estimate of drug-likeness (QED) is 0.510. The van der Waals surface area contributed by atoms with Crippen molar-refractivity contribution in [2.75, 3.05) is 4.90 Å². The number of anilines is 1.